The average molecular weight is 178 g/mol. The van der Waals surface area contributed by atoms with Crippen LogP contribution in [0, 0.1) is 16.7 Å². The fourth-order valence-electron chi connectivity index (χ4n) is 0.985. The van der Waals surface area contributed by atoms with Crippen molar-refractivity contribution in [3.8, 4) is 6.07 Å². The number of hydrogen-bond acceptors (Lipinski definition) is 2. The van der Waals surface area contributed by atoms with E-state index in [0.29, 0.717) is 0 Å². The zero-order valence-electron chi connectivity index (χ0n) is 8.83. The van der Waals surface area contributed by atoms with Crippen LogP contribution in [0.25, 0.3) is 0 Å². The second kappa shape index (κ2) is 4.84. The summed E-state index contributed by atoms with van der Waals surface area (Å²) < 4.78 is 0. The Labute approximate surface area is 80.7 Å². The maximum Gasteiger partial charge on any atom is 0.0763 e. The number of hydrogen-bond donors (Lipinski definition) is 1. The number of nitriles is 1. The lowest BCUT2D eigenvalue weighted by molar-refractivity contribution is 0.610. The van der Waals surface area contributed by atoms with Gasteiger partial charge in [-0.3, -0.25) is 0 Å². The molecule has 1 atom stereocenters. The molecule has 0 aromatic carbocycles. The van der Waals surface area contributed by atoms with Gasteiger partial charge in [0.25, 0.3) is 0 Å². The molecule has 0 aromatic rings. The van der Waals surface area contributed by atoms with E-state index in [1.54, 1.807) is 0 Å². The summed E-state index contributed by atoms with van der Waals surface area (Å²) in [6, 6.07) is 2.29. The van der Waals surface area contributed by atoms with Crippen LogP contribution < -0.4 is 5.73 Å². The molecule has 0 spiro atoms. The van der Waals surface area contributed by atoms with Gasteiger partial charge >= 0.3 is 0 Å². The van der Waals surface area contributed by atoms with Crippen LogP contribution in [0.1, 0.15) is 27.7 Å². The van der Waals surface area contributed by atoms with E-state index in [1.165, 1.54) is 0 Å². The third kappa shape index (κ3) is 3.91. The highest BCUT2D eigenvalue weighted by Gasteiger charge is 2.19. The van der Waals surface area contributed by atoms with Crippen LogP contribution in [0.3, 0.4) is 0 Å². The summed E-state index contributed by atoms with van der Waals surface area (Å²) in [5.74, 6) is 0. The largest absolute Gasteiger partial charge is 0.325 e. The van der Waals surface area contributed by atoms with Crippen LogP contribution in [0.15, 0.2) is 23.8 Å². The van der Waals surface area contributed by atoms with E-state index in [1.807, 2.05) is 45.9 Å². The first kappa shape index (κ1) is 11.9. The maximum atomic E-state index is 8.90. The summed E-state index contributed by atoms with van der Waals surface area (Å²) in [6.07, 6.45) is 5.77. The number of rotatable bonds is 3. The topological polar surface area (TPSA) is 49.8 Å². The van der Waals surface area contributed by atoms with Gasteiger partial charge in [-0.25, -0.2) is 0 Å². The van der Waals surface area contributed by atoms with Crippen molar-refractivity contribution in [2.75, 3.05) is 0 Å². The van der Waals surface area contributed by atoms with E-state index in [2.05, 4.69) is 6.07 Å². The van der Waals surface area contributed by atoms with Crippen molar-refractivity contribution in [3.05, 3.63) is 23.8 Å². The zero-order valence-corrected chi connectivity index (χ0v) is 8.83. The summed E-state index contributed by atoms with van der Waals surface area (Å²) in [4.78, 5) is 0. The molecule has 2 heteroatoms. The molecule has 0 aliphatic carbocycles. The molecule has 0 aromatic heterocycles. The summed E-state index contributed by atoms with van der Waals surface area (Å²) in [5, 5.41) is 8.90. The first-order valence-electron chi connectivity index (χ1n) is 4.46. The second-order valence-corrected chi connectivity index (χ2v) is 3.70. The van der Waals surface area contributed by atoms with E-state index in [9.17, 15) is 0 Å². The molecule has 2 nitrogen and oxygen atoms in total. The Morgan fingerprint density at radius 2 is 2.08 bits per heavy atom. The normalized spacial score (nSPS) is 15.8. The molecule has 0 saturated heterocycles. The molecular formula is C11H18N2. The van der Waals surface area contributed by atoms with Gasteiger partial charge in [-0.1, -0.05) is 18.2 Å². The Morgan fingerprint density at radius 3 is 2.38 bits per heavy atom. The van der Waals surface area contributed by atoms with Gasteiger partial charge in [-0.2, -0.15) is 5.26 Å². The Kier molecular flexibility index (Phi) is 4.44. The first-order valence-corrected chi connectivity index (χ1v) is 4.46. The maximum absolute atomic E-state index is 8.90. The molecule has 0 aliphatic rings. The lowest BCUT2D eigenvalue weighted by Gasteiger charge is -2.16. The van der Waals surface area contributed by atoms with E-state index < -0.39 is 5.41 Å². The van der Waals surface area contributed by atoms with Gasteiger partial charge in [0, 0.05) is 6.04 Å². The smallest absolute Gasteiger partial charge is 0.0763 e. The van der Waals surface area contributed by atoms with Gasteiger partial charge in [0.1, 0.15) is 0 Å². The molecule has 0 bridgehead atoms. The van der Waals surface area contributed by atoms with Crippen molar-refractivity contribution in [2.45, 2.75) is 33.7 Å². The lowest BCUT2D eigenvalue weighted by atomic mass is 9.85. The number of nitrogens with zero attached hydrogens (tertiary/aromatic N) is 1. The fraction of sp³-hybridized carbons (Fsp3) is 0.545. The van der Waals surface area contributed by atoms with Gasteiger partial charge < -0.3 is 5.73 Å². The summed E-state index contributed by atoms with van der Waals surface area (Å²) in [7, 11) is 0. The van der Waals surface area contributed by atoms with Gasteiger partial charge in [-0.05, 0) is 33.3 Å². The summed E-state index contributed by atoms with van der Waals surface area (Å²) >= 11 is 0. The Morgan fingerprint density at radius 1 is 1.54 bits per heavy atom. The van der Waals surface area contributed by atoms with E-state index in [4.69, 9.17) is 11.0 Å². The Bertz CT molecular complexity index is 252. The van der Waals surface area contributed by atoms with Crippen molar-refractivity contribution in [1.82, 2.24) is 0 Å². The predicted octanol–water partition coefficient (Wildman–Crippen LogP) is 2.39. The number of allylic oxidation sites excluding steroid dienone is 3. The third-order valence-corrected chi connectivity index (χ3v) is 1.89. The van der Waals surface area contributed by atoms with Crippen molar-refractivity contribution >= 4 is 0 Å². The molecule has 1 unspecified atom stereocenters. The molecule has 0 saturated carbocycles. The number of nitrogens with two attached hydrogens (primary N) is 1. The van der Waals surface area contributed by atoms with Crippen LogP contribution in [-0.4, -0.2) is 6.04 Å². The molecule has 2 N–H and O–H groups in total. The Hall–Kier alpha value is -1.07. The average Bonchev–Trinajstić information content (AvgIpc) is 2.04. The standard InChI is InChI=1S/C11H18N2/c1-5-10(7-6-9(2)13)11(3,4)8-12/h5-7,9H,13H2,1-4H3/b7-6-,10-5+. The minimum atomic E-state index is -0.430. The van der Waals surface area contributed by atoms with E-state index in [-0.39, 0.29) is 6.04 Å². The van der Waals surface area contributed by atoms with Crippen molar-refractivity contribution in [2.24, 2.45) is 11.1 Å². The van der Waals surface area contributed by atoms with Gasteiger partial charge in [0.2, 0.25) is 0 Å². The molecule has 0 fully saturated rings. The highest BCUT2D eigenvalue weighted by molar-refractivity contribution is 5.31. The molecule has 0 amide bonds. The molecule has 72 valence electrons. The van der Waals surface area contributed by atoms with Crippen LogP contribution in [0.5, 0.6) is 0 Å². The monoisotopic (exact) mass is 178 g/mol. The van der Waals surface area contributed by atoms with Crippen molar-refractivity contribution in [1.29, 1.82) is 5.26 Å². The highest BCUT2D eigenvalue weighted by atomic mass is 14.6. The molecule has 0 rings (SSSR count). The molecule has 0 radical (unpaired) electrons. The van der Waals surface area contributed by atoms with Gasteiger partial charge in [0.05, 0.1) is 11.5 Å². The SMILES string of the molecule is C/C=C(\C=C/C(C)N)C(C)(C)C#N. The highest BCUT2D eigenvalue weighted by Crippen LogP contribution is 2.25. The Balaban J connectivity index is 4.68. The van der Waals surface area contributed by atoms with E-state index in [0.717, 1.165) is 5.57 Å². The summed E-state index contributed by atoms with van der Waals surface area (Å²) in [5.41, 5.74) is 6.16. The predicted molar refractivity (Wildman–Crippen MR) is 55.9 cm³/mol. The van der Waals surface area contributed by atoms with E-state index >= 15 is 0 Å². The van der Waals surface area contributed by atoms with Gasteiger partial charge in [0.15, 0.2) is 0 Å². The minimum absolute atomic E-state index is 0.0319. The minimum Gasteiger partial charge on any atom is -0.325 e. The molecule has 13 heavy (non-hydrogen) atoms. The van der Waals surface area contributed by atoms with Crippen LogP contribution >= 0.6 is 0 Å². The second-order valence-electron chi connectivity index (χ2n) is 3.70. The van der Waals surface area contributed by atoms with Crippen molar-refractivity contribution in [3.63, 3.8) is 0 Å². The molecule has 0 aliphatic heterocycles. The van der Waals surface area contributed by atoms with Crippen LogP contribution in [-0.2, 0) is 0 Å². The van der Waals surface area contributed by atoms with Gasteiger partial charge in [-0.15, -0.1) is 0 Å². The molecular weight excluding hydrogens is 160 g/mol. The fourth-order valence-corrected chi connectivity index (χ4v) is 0.985. The van der Waals surface area contributed by atoms with Crippen molar-refractivity contribution < 1.29 is 0 Å². The summed E-state index contributed by atoms with van der Waals surface area (Å²) in [6.45, 7) is 7.63. The van der Waals surface area contributed by atoms with Crippen LogP contribution in [0.2, 0.25) is 0 Å². The van der Waals surface area contributed by atoms with Crippen LogP contribution in [0.4, 0.5) is 0 Å². The zero-order chi connectivity index (χ0) is 10.5. The lowest BCUT2D eigenvalue weighted by Crippen LogP contribution is -2.13. The quantitative estimate of drug-likeness (QED) is 0.674. The first-order chi connectivity index (χ1) is 5.94. The molecule has 0 heterocycles. The third-order valence-electron chi connectivity index (χ3n) is 1.89.